The van der Waals surface area contributed by atoms with Crippen molar-refractivity contribution in [3.8, 4) is 5.75 Å². The number of benzene rings is 1. The van der Waals surface area contributed by atoms with Crippen molar-refractivity contribution in [2.24, 2.45) is 0 Å². The number of likely N-dealkylation sites (tertiary alicyclic amines) is 1. The van der Waals surface area contributed by atoms with Crippen LogP contribution < -0.4 is 10.1 Å². The van der Waals surface area contributed by atoms with Gasteiger partial charge in [0.1, 0.15) is 16.5 Å². The number of hydrogen-bond donors (Lipinski definition) is 1. The smallest absolute Gasteiger partial charge is 0.274 e. The highest BCUT2D eigenvalue weighted by Crippen LogP contribution is 2.41. The monoisotopic (exact) mass is 514 g/mol. The number of aromatic nitrogens is 2. The van der Waals surface area contributed by atoms with Gasteiger partial charge in [-0.25, -0.2) is 22.2 Å². The molecule has 1 unspecified atom stereocenters. The van der Waals surface area contributed by atoms with Gasteiger partial charge in [-0.1, -0.05) is 13.8 Å². The Morgan fingerprint density at radius 3 is 2.56 bits per heavy atom. The lowest BCUT2D eigenvalue weighted by molar-refractivity contribution is -0.158. The third-order valence-corrected chi connectivity index (χ3v) is 8.24. The van der Waals surface area contributed by atoms with Gasteiger partial charge >= 0.3 is 0 Å². The zero-order valence-electron chi connectivity index (χ0n) is 19.3. The summed E-state index contributed by atoms with van der Waals surface area (Å²) in [7, 11) is -3.99. The summed E-state index contributed by atoms with van der Waals surface area (Å²) in [6.07, 6.45) is 3.15. The molecule has 4 rings (SSSR count). The third-order valence-electron chi connectivity index (χ3n) is 6.26. The Morgan fingerprint density at radius 1 is 1.24 bits per heavy atom. The summed E-state index contributed by atoms with van der Waals surface area (Å²) < 4.78 is 63.6. The van der Waals surface area contributed by atoms with Crippen LogP contribution in [0.5, 0.6) is 5.75 Å². The summed E-state index contributed by atoms with van der Waals surface area (Å²) in [4.78, 5) is 19.5. The Morgan fingerprint density at radius 2 is 1.94 bits per heavy atom. The molecule has 0 aliphatic carbocycles. The zero-order chi connectivity index (χ0) is 24.7. The minimum absolute atomic E-state index is 0.00343. The van der Waals surface area contributed by atoms with E-state index in [0.717, 1.165) is 43.7 Å². The van der Waals surface area contributed by atoms with Crippen LogP contribution in [0.4, 0.5) is 8.78 Å². The van der Waals surface area contributed by atoms with Crippen molar-refractivity contribution >= 4 is 27.3 Å². The summed E-state index contributed by atoms with van der Waals surface area (Å²) in [6, 6.07) is 1.28. The number of halogens is 2. The first-order valence-corrected chi connectivity index (χ1v) is 13.9. The quantitative estimate of drug-likeness (QED) is 0.632. The van der Waals surface area contributed by atoms with Crippen LogP contribution in [-0.4, -0.2) is 60.5 Å². The van der Waals surface area contributed by atoms with Crippen molar-refractivity contribution in [1.82, 2.24) is 19.6 Å². The van der Waals surface area contributed by atoms with E-state index in [-0.39, 0.29) is 29.3 Å². The largest absolute Gasteiger partial charge is 0.467 e. The van der Waals surface area contributed by atoms with Gasteiger partial charge in [-0.3, -0.25) is 4.79 Å². The van der Waals surface area contributed by atoms with Crippen LogP contribution in [-0.2, 0) is 20.2 Å². The SMILES string of the molecule is CC(C)c1nsc(C2(Oc3cc(F)c(S(C)(=O)=O)cc3F)CCCN(C3CCNCC3)C2=O)n1. The van der Waals surface area contributed by atoms with Crippen LogP contribution in [0.3, 0.4) is 0 Å². The van der Waals surface area contributed by atoms with Crippen LogP contribution in [0, 0.1) is 11.6 Å². The van der Waals surface area contributed by atoms with Crippen molar-refractivity contribution in [2.75, 3.05) is 25.9 Å². The average molecular weight is 515 g/mol. The summed E-state index contributed by atoms with van der Waals surface area (Å²) in [5.41, 5.74) is -1.67. The van der Waals surface area contributed by atoms with Gasteiger partial charge in [0.2, 0.25) is 5.60 Å². The molecule has 1 aromatic carbocycles. The average Bonchev–Trinajstić information content (AvgIpc) is 3.28. The van der Waals surface area contributed by atoms with E-state index in [2.05, 4.69) is 14.7 Å². The molecule has 2 fully saturated rings. The van der Waals surface area contributed by atoms with E-state index in [4.69, 9.17) is 4.74 Å². The number of hydrogen-bond acceptors (Lipinski definition) is 8. The van der Waals surface area contributed by atoms with Crippen molar-refractivity contribution in [2.45, 2.75) is 62.0 Å². The van der Waals surface area contributed by atoms with E-state index in [1.54, 1.807) is 4.90 Å². The molecular formula is C22H28F2N4O4S2. The summed E-state index contributed by atoms with van der Waals surface area (Å²) in [6.45, 7) is 5.94. The van der Waals surface area contributed by atoms with Gasteiger partial charge in [-0.05, 0) is 50.0 Å². The molecule has 2 aliphatic heterocycles. The van der Waals surface area contributed by atoms with E-state index in [1.807, 2.05) is 13.8 Å². The number of carbonyl (C=O) groups excluding carboxylic acids is 1. The molecule has 1 aromatic heterocycles. The molecule has 1 N–H and O–H groups in total. The molecule has 2 aliphatic rings. The Kier molecular flexibility index (Phi) is 6.94. The predicted molar refractivity (Wildman–Crippen MR) is 123 cm³/mol. The highest BCUT2D eigenvalue weighted by Gasteiger charge is 2.52. The first-order valence-electron chi connectivity index (χ1n) is 11.3. The topological polar surface area (TPSA) is 101 Å². The van der Waals surface area contributed by atoms with Crippen LogP contribution in [0.15, 0.2) is 17.0 Å². The number of nitrogens with zero attached hydrogens (tertiary/aromatic N) is 3. The minimum Gasteiger partial charge on any atom is -0.467 e. The summed E-state index contributed by atoms with van der Waals surface area (Å²) in [5.74, 6) is -2.57. The molecule has 0 radical (unpaired) electrons. The van der Waals surface area contributed by atoms with Crippen LogP contribution in [0.25, 0.3) is 0 Å². The van der Waals surface area contributed by atoms with E-state index >= 15 is 0 Å². The fourth-order valence-corrected chi connectivity index (χ4v) is 6.11. The van der Waals surface area contributed by atoms with Gasteiger partial charge in [0.15, 0.2) is 26.4 Å². The standard InChI is InChI=1S/C22H28F2N4O4S2/c1-13(2)19-26-20(33-27-19)22(7-4-10-28(21(22)29)14-5-8-25-9-6-14)32-17-11-16(24)18(12-15(17)23)34(3,30)31/h11-14,25H,4-10H2,1-3H3. The normalized spacial score (nSPS) is 22.4. The Bertz CT molecular complexity index is 1180. The molecule has 0 saturated carbocycles. The van der Waals surface area contributed by atoms with Crippen molar-refractivity contribution in [1.29, 1.82) is 0 Å². The lowest BCUT2D eigenvalue weighted by Gasteiger charge is -2.44. The fourth-order valence-electron chi connectivity index (χ4n) is 4.44. The number of amides is 1. The molecule has 0 spiro atoms. The van der Waals surface area contributed by atoms with Crippen LogP contribution in [0.1, 0.15) is 56.3 Å². The molecule has 2 aromatic rings. The number of nitrogens with one attached hydrogen (secondary N) is 1. The van der Waals surface area contributed by atoms with Gasteiger partial charge in [0.25, 0.3) is 5.91 Å². The highest BCUT2D eigenvalue weighted by atomic mass is 32.2. The molecular weight excluding hydrogens is 486 g/mol. The second-order valence-corrected chi connectivity index (χ2v) is 11.8. The molecule has 1 amide bonds. The molecule has 12 heteroatoms. The second-order valence-electron chi connectivity index (χ2n) is 9.11. The van der Waals surface area contributed by atoms with E-state index in [0.29, 0.717) is 30.9 Å². The number of sulfone groups is 1. The van der Waals surface area contributed by atoms with Crippen molar-refractivity contribution in [3.63, 3.8) is 0 Å². The fraction of sp³-hybridized carbons (Fsp3) is 0.591. The first kappa shape index (κ1) is 24.9. The van der Waals surface area contributed by atoms with E-state index < -0.39 is 37.7 Å². The highest BCUT2D eigenvalue weighted by molar-refractivity contribution is 7.90. The minimum atomic E-state index is -3.99. The van der Waals surface area contributed by atoms with E-state index in [9.17, 15) is 22.0 Å². The Labute approximate surface area is 201 Å². The summed E-state index contributed by atoms with van der Waals surface area (Å²) in [5, 5.41) is 3.56. The number of carbonyl (C=O) groups is 1. The Hall–Kier alpha value is -2.18. The lowest BCUT2D eigenvalue weighted by atomic mass is 9.89. The molecule has 3 heterocycles. The van der Waals surface area contributed by atoms with Gasteiger partial charge in [-0.15, -0.1) is 0 Å². The van der Waals surface area contributed by atoms with Gasteiger partial charge in [0, 0.05) is 37.2 Å². The zero-order valence-corrected chi connectivity index (χ0v) is 20.9. The van der Waals surface area contributed by atoms with E-state index in [1.165, 1.54) is 0 Å². The number of piperidine rings is 2. The van der Waals surface area contributed by atoms with Gasteiger partial charge in [-0.2, -0.15) is 4.37 Å². The predicted octanol–water partition coefficient (Wildman–Crippen LogP) is 2.99. The summed E-state index contributed by atoms with van der Waals surface area (Å²) >= 11 is 1.01. The molecule has 186 valence electrons. The Balaban J connectivity index is 1.79. The third kappa shape index (κ3) is 4.67. The van der Waals surface area contributed by atoms with Crippen molar-refractivity contribution in [3.05, 3.63) is 34.6 Å². The molecule has 2 saturated heterocycles. The van der Waals surface area contributed by atoms with Gasteiger partial charge in [0.05, 0.1) is 0 Å². The van der Waals surface area contributed by atoms with Crippen LogP contribution in [0.2, 0.25) is 0 Å². The maximum absolute atomic E-state index is 15.0. The number of rotatable bonds is 6. The second kappa shape index (κ2) is 9.46. The molecule has 8 nitrogen and oxygen atoms in total. The lowest BCUT2D eigenvalue weighted by Crippen LogP contribution is -2.59. The maximum atomic E-state index is 15.0. The van der Waals surface area contributed by atoms with Crippen LogP contribution >= 0.6 is 11.5 Å². The molecule has 34 heavy (non-hydrogen) atoms. The number of ether oxygens (including phenoxy) is 1. The van der Waals surface area contributed by atoms with Gasteiger partial charge < -0.3 is 15.0 Å². The first-order chi connectivity index (χ1) is 16.0. The molecule has 0 bridgehead atoms. The van der Waals surface area contributed by atoms with Crippen molar-refractivity contribution < 1.29 is 26.7 Å². The molecule has 1 atom stereocenters. The maximum Gasteiger partial charge on any atom is 0.274 e.